The van der Waals surface area contributed by atoms with Gasteiger partial charge in [0.25, 0.3) is 5.91 Å². The Balaban J connectivity index is 1.62. The highest BCUT2D eigenvalue weighted by Crippen LogP contribution is 2.37. The molecule has 0 spiro atoms. The summed E-state index contributed by atoms with van der Waals surface area (Å²) in [4.78, 5) is 21.1. The van der Waals surface area contributed by atoms with Crippen LogP contribution >= 0.6 is 0 Å². The molecule has 1 aromatic heterocycles. The van der Waals surface area contributed by atoms with Gasteiger partial charge in [0.15, 0.2) is 0 Å². The highest BCUT2D eigenvalue weighted by molar-refractivity contribution is 5.94. The van der Waals surface area contributed by atoms with E-state index < -0.39 is 5.60 Å². The summed E-state index contributed by atoms with van der Waals surface area (Å²) in [7, 11) is 0. The van der Waals surface area contributed by atoms with Gasteiger partial charge in [-0.1, -0.05) is 30.3 Å². The van der Waals surface area contributed by atoms with Gasteiger partial charge in [-0.2, -0.15) is 0 Å². The fourth-order valence-electron chi connectivity index (χ4n) is 4.32. The number of hydrogen-bond acceptors (Lipinski definition) is 4. The molecule has 0 saturated carbocycles. The number of nitrogens with zero attached hydrogens (tertiary/aromatic N) is 3. The van der Waals surface area contributed by atoms with Gasteiger partial charge in [0.2, 0.25) is 0 Å². The van der Waals surface area contributed by atoms with E-state index in [4.69, 9.17) is 0 Å². The number of rotatable bonds is 3. The Kier molecular flexibility index (Phi) is 4.74. The van der Waals surface area contributed by atoms with Crippen LogP contribution in [0.25, 0.3) is 0 Å². The third-order valence-corrected chi connectivity index (χ3v) is 5.78. The number of carbonyl (C=O) groups excluding carboxylic acids is 1. The van der Waals surface area contributed by atoms with Crippen LogP contribution in [0, 0.1) is 0 Å². The molecule has 26 heavy (non-hydrogen) atoms. The molecule has 0 aliphatic carbocycles. The fourth-order valence-corrected chi connectivity index (χ4v) is 4.32. The molecule has 0 radical (unpaired) electrons. The zero-order valence-corrected chi connectivity index (χ0v) is 14.9. The van der Waals surface area contributed by atoms with Crippen molar-refractivity contribution in [2.75, 3.05) is 26.2 Å². The van der Waals surface area contributed by atoms with Crippen molar-refractivity contribution in [1.29, 1.82) is 0 Å². The van der Waals surface area contributed by atoms with Gasteiger partial charge in [-0.3, -0.25) is 14.7 Å². The number of likely N-dealkylation sites (tertiary alicyclic amines) is 2. The predicted octanol–water partition coefficient (Wildman–Crippen LogP) is 2.28. The molecule has 2 aliphatic heterocycles. The lowest BCUT2D eigenvalue weighted by molar-refractivity contribution is -0.0878. The quantitative estimate of drug-likeness (QED) is 0.922. The molecule has 0 unspecified atom stereocenters. The number of aromatic nitrogens is 1. The van der Waals surface area contributed by atoms with E-state index >= 15 is 0 Å². The second-order valence-electron chi connectivity index (χ2n) is 7.29. The molecule has 1 aromatic carbocycles. The Hall–Kier alpha value is -2.24. The monoisotopic (exact) mass is 351 g/mol. The Labute approximate surface area is 154 Å². The minimum atomic E-state index is -0.916. The first-order valence-corrected chi connectivity index (χ1v) is 9.40. The molecule has 2 saturated heterocycles. The molecule has 5 heteroatoms. The van der Waals surface area contributed by atoms with E-state index in [1.807, 2.05) is 35.2 Å². The summed E-state index contributed by atoms with van der Waals surface area (Å²) in [6.45, 7) is 3.07. The van der Waals surface area contributed by atoms with Gasteiger partial charge in [0.1, 0.15) is 5.60 Å². The molecule has 2 fully saturated rings. The van der Waals surface area contributed by atoms with E-state index in [0.717, 1.165) is 31.5 Å². The second-order valence-corrected chi connectivity index (χ2v) is 7.29. The molecule has 5 nitrogen and oxygen atoms in total. The predicted molar refractivity (Wildman–Crippen MR) is 99.7 cm³/mol. The third-order valence-electron chi connectivity index (χ3n) is 5.78. The van der Waals surface area contributed by atoms with E-state index in [-0.39, 0.29) is 11.9 Å². The maximum absolute atomic E-state index is 12.9. The van der Waals surface area contributed by atoms with Crippen molar-refractivity contribution >= 4 is 5.91 Å². The Morgan fingerprint density at radius 3 is 2.42 bits per heavy atom. The second kappa shape index (κ2) is 7.17. The zero-order valence-electron chi connectivity index (χ0n) is 14.9. The van der Waals surface area contributed by atoms with E-state index in [1.54, 1.807) is 24.5 Å². The first-order valence-electron chi connectivity index (χ1n) is 9.40. The number of hydrogen-bond donors (Lipinski definition) is 1. The van der Waals surface area contributed by atoms with Crippen molar-refractivity contribution in [3.63, 3.8) is 0 Å². The molecule has 2 aliphatic rings. The average molecular weight is 351 g/mol. The maximum atomic E-state index is 12.9. The van der Waals surface area contributed by atoms with Crippen LogP contribution in [0.15, 0.2) is 54.9 Å². The SMILES string of the molecule is O=C(c1ccncc1)N1CC[C@](O)(c2ccccc2)[C@H](N2CCCC2)C1. The highest BCUT2D eigenvalue weighted by atomic mass is 16.3. The molecule has 1 N–H and O–H groups in total. The summed E-state index contributed by atoms with van der Waals surface area (Å²) in [6, 6.07) is 13.4. The molecule has 2 atom stereocenters. The fraction of sp³-hybridized carbons (Fsp3) is 0.429. The van der Waals surface area contributed by atoms with Crippen LogP contribution < -0.4 is 0 Å². The molecule has 136 valence electrons. The van der Waals surface area contributed by atoms with Crippen molar-refractivity contribution in [3.05, 3.63) is 66.0 Å². The van der Waals surface area contributed by atoms with Crippen molar-refractivity contribution in [1.82, 2.24) is 14.8 Å². The summed E-state index contributed by atoms with van der Waals surface area (Å²) in [5.41, 5.74) is 0.693. The molecule has 3 heterocycles. The van der Waals surface area contributed by atoms with E-state index in [9.17, 15) is 9.90 Å². The molecule has 0 bridgehead atoms. The van der Waals surface area contributed by atoms with Gasteiger partial charge >= 0.3 is 0 Å². The van der Waals surface area contributed by atoms with Gasteiger partial charge in [0.05, 0.1) is 6.04 Å². The van der Waals surface area contributed by atoms with Crippen LogP contribution in [0.1, 0.15) is 35.2 Å². The Morgan fingerprint density at radius 2 is 1.73 bits per heavy atom. The van der Waals surface area contributed by atoms with Crippen molar-refractivity contribution in [2.24, 2.45) is 0 Å². The standard InChI is InChI=1S/C21H25N3O2/c25-20(17-8-11-22-12-9-17)24-15-10-21(26,18-6-2-1-3-7-18)19(16-24)23-13-4-5-14-23/h1-3,6-9,11-12,19,26H,4-5,10,13-16H2/t19-,21+/m1/s1. The van der Waals surface area contributed by atoms with E-state index in [1.165, 1.54) is 0 Å². The van der Waals surface area contributed by atoms with Crippen molar-refractivity contribution in [3.8, 4) is 0 Å². The Morgan fingerprint density at radius 1 is 1.04 bits per heavy atom. The summed E-state index contributed by atoms with van der Waals surface area (Å²) in [5.74, 6) is 0.0201. The van der Waals surface area contributed by atoms with Crippen molar-refractivity contribution in [2.45, 2.75) is 30.9 Å². The first kappa shape index (κ1) is 17.2. The van der Waals surface area contributed by atoms with Crippen molar-refractivity contribution < 1.29 is 9.90 Å². The summed E-state index contributed by atoms with van der Waals surface area (Å²) in [6.07, 6.45) is 6.15. The van der Waals surface area contributed by atoms with Gasteiger partial charge in [0, 0.05) is 31.0 Å². The van der Waals surface area contributed by atoms with E-state index in [2.05, 4.69) is 9.88 Å². The maximum Gasteiger partial charge on any atom is 0.254 e. The van der Waals surface area contributed by atoms with Crippen LogP contribution in [0.4, 0.5) is 0 Å². The van der Waals surface area contributed by atoms with Gasteiger partial charge in [-0.25, -0.2) is 0 Å². The lowest BCUT2D eigenvalue weighted by Crippen LogP contribution is -2.61. The summed E-state index contributed by atoms with van der Waals surface area (Å²) >= 11 is 0. The zero-order chi connectivity index (χ0) is 18.0. The third kappa shape index (κ3) is 3.13. The number of amides is 1. The number of carbonyl (C=O) groups is 1. The van der Waals surface area contributed by atoms with Crippen LogP contribution in [0.3, 0.4) is 0 Å². The number of piperidine rings is 1. The lowest BCUT2D eigenvalue weighted by Gasteiger charge is -2.48. The van der Waals surface area contributed by atoms with Crippen LogP contribution in [0.5, 0.6) is 0 Å². The van der Waals surface area contributed by atoms with Gasteiger partial charge in [-0.05, 0) is 50.0 Å². The number of pyridine rings is 1. The van der Waals surface area contributed by atoms with Gasteiger partial charge < -0.3 is 10.0 Å². The molecule has 4 rings (SSSR count). The van der Waals surface area contributed by atoms with Crippen LogP contribution in [0.2, 0.25) is 0 Å². The average Bonchev–Trinajstić information content (AvgIpc) is 3.24. The topological polar surface area (TPSA) is 56.7 Å². The smallest absolute Gasteiger partial charge is 0.254 e. The minimum absolute atomic E-state index is 0.0201. The summed E-state index contributed by atoms with van der Waals surface area (Å²) < 4.78 is 0. The molecule has 2 aromatic rings. The summed E-state index contributed by atoms with van der Waals surface area (Å²) in [5, 5.41) is 11.6. The van der Waals surface area contributed by atoms with Crippen LogP contribution in [-0.4, -0.2) is 58.0 Å². The Bertz CT molecular complexity index is 746. The van der Waals surface area contributed by atoms with E-state index in [0.29, 0.717) is 25.1 Å². The molecule has 1 amide bonds. The largest absolute Gasteiger partial charge is 0.383 e. The van der Waals surface area contributed by atoms with Gasteiger partial charge in [-0.15, -0.1) is 0 Å². The van der Waals surface area contributed by atoms with Crippen LogP contribution in [-0.2, 0) is 5.60 Å². The number of aliphatic hydroxyl groups is 1. The lowest BCUT2D eigenvalue weighted by atomic mass is 9.79. The number of benzene rings is 1. The minimum Gasteiger partial charge on any atom is -0.383 e. The highest BCUT2D eigenvalue weighted by Gasteiger charge is 2.47. The molecular formula is C21H25N3O2. The molecular weight excluding hydrogens is 326 g/mol. The first-order chi connectivity index (χ1) is 12.7. The normalized spacial score (nSPS) is 26.8.